The van der Waals surface area contributed by atoms with E-state index >= 15 is 0 Å². The Labute approximate surface area is 166 Å². The summed E-state index contributed by atoms with van der Waals surface area (Å²) in [6, 6.07) is 1.20. The fraction of sp³-hybridized carbons (Fsp3) is 0.412. The van der Waals surface area contributed by atoms with E-state index in [1.165, 1.54) is 25.1 Å². The predicted molar refractivity (Wildman–Crippen MR) is 101 cm³/mol. The van der Waals surface area contributed by atoms with Crippen LogP contribution >= 0.6 is 0 Å². The minimum absolute atomic E-state index is 0.0535. The van der Waals surface area contributed by atoms with Gasteiger partial charge >= 0.3 is 11.7 Å². The van der Waals surface area contributed by atoms with Crippen LogP contribution in [0.1, 0.15) is 25.3 Å². The highest BCUT2D eigenvalue weighted by molar-refractivity contribution is 5.90. The van der Waals surface area contributed by atoms with Crippen LogP contribution in [0.25, 0.3) is 4.98 Å². The molecule has 0 radical (unpaired) electrons. The van der Waals surface area contributed by atoms with E-state index in [2.05, 4.69) is 20.6 Å². The van der Waals surface area contributed by atoms with Crippen molar-refractivity contribution in [2.24, 2.45) is 16.5 Å². The average Bonchev–Trinajstić information content (AvgIpc) is 2.63. The van der Waals surface area contributed by atoms with Crippen molar-refractivity contribution in [1.29, 1.82) is 5.39 Å². The van der Waals surface area contributed by atoms with Crippen LogP contribution in [0.4, 0.5) is 5.69 Å². The van der Waals surface area contributed by atoms with Crippen molar-refractivity contribution >= 4 is 29.4 Å². The summed E-state index contributed by atoms with van der Waals surface area (Å²) >= 11 is 0. The Kier molecular flexibility index (Phi) is 8.84. The van der Waals surface area contributed by atoms with Gasteiger partial charge in [0.15, 0.2) is 10.9 Å². The molecule has 0 spiro atoms. The van der Waals surface area contributed by atoms with Crippen molar-refractivity contribution in [2.75, 3.05) is 6.54 Å². The summed E-state index contributed by atoms with van der Waals surface area (Å²) in [6.45, 7) is 1.38. The molecule has 12 heteroatoms. The number of rotatable bonds is 10. The molecule has 0 fully saturated rings. The first-order valence-electron chi connectivity index (χ1n) is 8.64. The van der Waals surface area contributed by atoms with Crippen molar-refractivity contribution in [1.82, 2.24) is 10.6 Å². The van der Waals surface area contributed by atoms with Crippen molar-refractivity contribution < 1.29 is 24.6 Å². The number of aliphatic imine (C=N–C) groups is 1. The maximum atomic E-state index is 12.6. The molecule has 0 bridgehead atoms. The molecule has 0 aliphatic rings. The van der Waals surface area contributed by atoms with Gasteiger partial charge in [-0.3, -0.25) is 14.6 Å². The number of carboxylic acids is 1. The maximum Gasteiger partial charge on any atom is 0.388 e. The lowest BCUT2D eigenvalue weighted by Crippen LogP contribution is -2.52. The van der Waals surface area contributed by atoms with E-state index < -0.39 is 29.9 Å². The van der Waals surface area contributed by atoms with Crippen LogP contribution in [-0.2, 0) is 20.8 Å². The number of carbonyl (C=O) groups is 3. The summed E-state index contributed by atoms with van der Waals surface area (Å²) in [5, 5.41) is 34.7. The minimum atomic E-state index is -1.27. The van der Waals surface area contributed by atoms with E-state index in [1.54, 1.807) is 0 Å². The number of carboxylic acid groups (broad SMARTS) is 1. The molecule has 0 aromatic heterocycles. The SMILES string of the molecule is CC(=O)N[C@@H](Cc1cc([O-])ccc1[N+]#N)C(=O)N[C@@H](CCCN=C(N)N)C(=O)O. The third kappa shape index (κ3) is 8.12. The van der Waals surface area contributed by atoms with Gasteiger partial charge in [-0.25, -0.2) is 4.79 Å². The number of nitrogens with zero attached hydrogens (tertiary/aromatic N) is 3. The van der Waals surface area contributed by atoms with E-state index in [4.69, 9.17) is 16.9 Å². The Balaban J connectivity index is 2.93. The smallest absolute Gasteiger partial charge is 0.388 e. The molecule has 0 saturated heterocycles. The highest BCUT2D eigenvalue weighted by Gasteiger charge is 2.28. The van der Waals surface area contributed by atoms with Crippen LogP contribution in [0, 0.1) is 5.39 Å². The van der Waals surface area contributed by atoms with Crippen LogP contribution in [0.15, 0.2) is 23.2 Å². The molecule has 7 N–H and O–H groups in total. The molecule has 0 aliphatic heterocycles. The first-order valence-corrected chi connectivity index (χ1v) is 8.64. The quantitative estimate of drug-likeness (QED) is 0.139. The van der Waals surface area contributed by atoms with Gasteiger partial charge in [0.2, 0.25) is 17.2 Å². The molecular formula is C17H23N7O5. The zero-order chi connectivity index (χ0) is 22.0. The van der Waals surface area contributed by atoms with Crippen LogP contribution in [0.2, 0.25) is 0 Å². The highest BCUT2D eigenvalue weighted by atomic mass is 16.4. The molecule has 0 heterocycles. The maximum absolute atomic E-state index is 12.6. The van der Waals surface area contributed by atoms with Crippen LogP contribution in [0.3, 0.4) is 0 Å². The summed E-state index contributed by atoms with van der Waals surface area (Å²) in [7, 11) is 0. The lowest BCUT2D eigenvalue weighted by Gasteiger charge is -2.21. The second kappa shape index (κ2) is 11.1. The molecule has 12 nitrogen and oxygen atoms in total. The molecule has 1 aromatic carbocycles. The number of aliphatic carboxylic acids is 1. The molecule has 1 aromatic rings. The lowest BCUT2D eigenvalue weighted by molar-refractivity contribution is -0.268. The highest BCUT2D eigenvalue weighted by Crippen LogP contribution is 2.24. The number of nitrogens with one attached hydrogen (secondary N) is 2. The summed E-state index contributed by atoms with van der Waals surface area (Å²) in [4.78, 5) is 42.3. The number of guanidine groups is 1. The number of benzene rings is 1. The summed E-state index contributed by atoms with van der Waals surface area (Å²) in [5.41, 5.74) is 10.7. The summed E-state index contributed by atoms with van der Waals surface area (Å²) in [5.74, 6) is -3.08. The average molecular weight is 405 g/mol. The summed E-state index contributed by atoms with van der Waals surface area (Å²) in [6.07, 6.45) is 0.171. The first kappa shape index (κ1) is 23.2. The van der Waals surface area contributed by atoms with Gasteiger partial charge in [0.25, 0.3) is 0 Å². The van der Waals surface area contributed by atoms with E-state index in [9.17, 15) is 24.6 Å². The topological polar surface area (TPSA) is 211 Å². The second-order valence-corrected chi connectivity index (χ2v) is 6.20. The van der Waals surface area contributed by atoms with Gasteiger partial charge in [0.05, 0.1) is 0 Å². The largest absolute Gasteiger partial charge is 0.872 e. The number of hydrogen-bond acceptors (Lipinski definition) is 6. The fourth-order valence-electron chi connectivity index (χ4n) is 2.53. The van der Waals surface area contributed by atoms with Gasteiger partial charge in [0.1, 0.15) is 12.1 Å². The van der Waals surface area contributed by atoms with Crippen LogP contribution in [0.5, 0.6) is 5.75 Å². The number of amides is 2. The molecule has 2 atom stereocenters. The Morgan fingerprint density at radius 3 is 2.52 bits per heavy atom. The normalized spacial score (nSPS) is 12.1. The Morgan fingerprint density at radius 2 is 1.97 bits per heavy atom. The summed E-state index contributed by atoms with van der Waals surface area (Å²) < 4.78 is 0. The van der Waals surface area contributed by atoms with Gasteiger partial charge in [-0.05, 0) is 12.8 Å². The van der Waals surface area contributed by atoms with Gasteiger partial charge in [-0.15, -0.1) is 5.75 Å². The zero-order valence-electron chi connectivity index (χ0n) is 15.8. The number of hydrogen-bond donors (Lipinski definition) is 5. The van der Waals surface area contributed by atoms with Crippen molar-refractivity contribution in [2.45, 2.75) is 38.3 Å². The zero-order valence-corrected chi connectivity index (χ0v) is 15.8. The third-order valence-electron chi connectivity index (χ3n) is 3.84. The first-order chi connectivity index (χ1) is 13.6. The number of diazo groups is 1. The molecular weight excluding hydrogens is 382 g/mol. The van der Waals surface area contributed by atoms with Gasteiger partial charge in [0, 0.05) is 31.5 Å². The van der Waals surface area contributed by atoms with E-state index in [-0.39, 0.29) is 42.3 Å². The number of carbonyl (C=O) groups excluding carboxylic acids is 2. The van der Waals surface area contributed by atoms with Crippen LogP contribution in [-0.4, -0.2) is 47.5 Å². The molecule has 29 heavy (non-hydrogen) atoms. The van der Waals surface area contributed by atoms with Crippen molar-refractivity contribution in [3.05, 3.63) is 28.7 Å². The van der Waals surface area contributed by atoms with Gasteiger partial charge in [-0.2, -0.15) is 0 Å². The van der Waals surface area contributed by atoms with Crippen LogP contribution < -0.4 is 27.2 Å². The minimum Gasteiger partial charge on any atom is -0.872 e. The molecule has 0 aliphatic carbocycles. The Bertz CT molecular complexity index is 830. The standard InChI is InChI=1S/C17H23N7O5/c1-9(25)22-14(8-10-7-11(26)4-5-12(10)24-20)15(27)23-13(16(28)29)3-2-6-21-17(18)19/h4-5,7,13-14H,2-3,6,8H2,1H3,(H7-,18,19,21,22,23,25,26,27,28,29)/t13-,14-/m0/s1. The van der Waals surface area contributed by atoms with E-state index in [0.29, 0.717) is 6.42 Å². The Hall–Kier alpha value is -3.88. The van der Waals surface area contributed by atoms with E-state index in [0.717, 1.165) is 0 Å². The predicted octanol–water partition coefficient (Wildman–Crippen LogP) is -1.09. The van der Waals surface area contributed by atoms with E-state index in [1.807, 2.05) is 0 Å². The monoisotopic (exact) mass is 405 g/mol. The second-order valence-electron chi connectivity index (χ2n) is 6.20. The van der Waals surface area contributed by atoms with Gasteiger partial charge < -0.3 is 32.3 Å². The third-order valence-corrected chi connectivity index (χ3v) is 3.84. The lowest BCUT2D eigenvalue weighted by atomic mass is 10.0. The Morgan fingerprint density at radius 1 is 1.28 bits per heavy atom. The molecule has 0 saturated carbocycles. The van der Waals surface area contributed by atoms with Crippen molar-refractivity contribution in [3.63, 3.8) is 0 Å². The molecule has 2 amide bonds. The molecule has 1 rings (SSSR count). The van der Waals surface area contributed by atoms with Crippen molar-refractivity contribution in [3.8, 4) is 5.75 Å². The molecule has 156 valence electrons. The van der Waals surface area contributed by atoms with Gasteiger partial charge in [-0.1, -0.05) is 12.1 Å². The molecule has 0 unspecified atom stereocenters. The number of nitrogens with two attached hydrogens (primary N) is 2. The fourth-order valence-corrected chi connectivity index (χ4v) is 2.53.